The van der Waals surface area contributed by atoms with Crippen molar-refractivity contribution < 1.29 is 9.53 Å². The number of hydrogen-bond acceptors (Lipinski definition) is 5. The lowest BCUT2D eigenvalue weighted by Gasteiger charge is -2.07. The fourth-order valence-corrected chi connectivity index (χ4v) is 1.96. The van der Waals surface area contributed by atoms with E-state index in [0.717, 1.165) is 10.6 Å². The molecule has 0 aliphatic heterocycles. The zero-order valence-corrected chi connectivity index (χ0v) is 9.77. The Bertz CT molecular complexity index is 478. The molecule has 1 unspecified atom stereocenters. The maximum absolute atomic E-state index is 11.3. The van der Waals surface area contributed by atoms with Gasteiger partial charge in [-0.05, 0) is 18.4 Å². The van der Waals surface area contributed by atoms with Gasteiger partial charge in [0.05, 0.1) is 18.2 Å². The molecule has 0 N–H and O–H groups in total. The Labute approximate surface area is 96.7 Å². The second kappa shape index (κ2) is 4.44. The molecule has 0 fully saturated rings. The van der Waals surface area contributed by atoms with E-state index in [4.69, 9.17) is 0 Å². The van der Waals surface area contributed by atoms with E-state index in [1.807, 2.05) is 17.5 Å². The van der Waals surface area contributed by atoms with Crippen molar-refractivity contribution in [2.45, 2.75) is 13.0 Å². The molecule has 6 heteroatoms. The topological polar surface area (TPSA) is 57.0 Å². The van der Waals surface area contributed by atoms with Crippen molar-refractivity contribution in [3.63, 3.8) is 0 Å². The summed E-state index contributed by atoms with van der Waals surface area (Å²) >= 11 is 1.58. The molecule has 0 aromatic carbocycles. The first-order chi connectivity index (χ1) is 7.72. The maximum atomic E-state index is 11.3. The summed E-state index contributed by atoms with van der Waals surface area (Å²) in [7, 11) is 1.36. The van der Waals surface area contributed by atoms with Gasteiger partial charge in [0.15, 0.2) is 0 Å². The summed E-state index contributed by atoms with van der Waals surface area (Å²) < 4.78 is 6.14. The van der Waals surface area contributed by atoms with Crippen LogP contribution in [0.3, 0.4) is 0 Å². The van der Waals surface area contributed by atoms with Crippen molar-refractivity contribution >= 4 is 17.3 Å². The summed E-state index contributed by atoms with van der Waals surface area (Å²) in [6, 6.07) is 3.45. The number of aromatic nitrogens is 3. The maximum Gasteiger partial charge on any atom is 0.330 e. The van der Waals surface area contributed by atoms with E-state index in [1.54, 1.807) is 24.5 Å². The molecule has 5 nitrogen and oxygen atoms in total. The van der Waals surface area contributed by atoms with Crippen LogP contribution in [0.2, 0.25) is 0 Å². The number of esters is 1. The summed E-state index contributed by atoms with van der Waals surface area (Å²) in [6.45, 7) is 1.72. The monoisotopic (exact) mass is 237 g/mol. The highest BCUT2D eigenvalue weighted by Crippen LogP contribution is 2.22. The zero-order chi connectivity index (χ0) is 11.5. The van der Waals surface area contributed by atoms with E-state index in [-0.39, 0.29) is 5.97 Å². The minimum absolute atomic E-state index is 0.331. The van der Waals surface area contributed by atoms with E-state index in [1.165, 1.54) is 11.8 Å². The molecule has 2 heterocycles. The second-order valence-electron chi connectivity index (χ2n) is 3.26. The van der Waals surface area contributed by atoms with E-state index >= 15 is 0 Å². The molecule has 84 valence electrons. The molecule has 0 saturated heterocycles. The first-order valence-corrected chi connectivity index (χ1v) is 5.64. The predicted molar refractivity (Wildman–Crippen MR) is 60.1 cm³/mol. The lowest BCUT2D eigenvalue weighted by atomic mass is 10.3. The summed E-state index contributed by atoms with van der Waals surface area (Å²) in [6.07, 6.45) is 1.74. The van der Waals surface area contributed by atoms with Gasteiger partial charge in [-0.1, -0.05) is 11.3 Å². The Kier molecular flexibility index (Phi) is 3.00. The molecule has 16 heavy (non-hydrogen) atoms. The summed E-state index contributed by atoms with van der Waals surface area (Å²) in [4.78, 5) is 12.3. The van der Waals surface area contributed by atoms with E-state index in [2.05, 4.69) is 15.0 Å². The van der Waals surface area contributed by atoms with Gasteiger partial charge in [0.25, 0.3) is 0 Å². The lowest BCUT2D eigenvalue weighted by molar-refractivity contribution is -0.144. The molecule has 0 aliphatic rings. The SMILES string of the molecule is COC(=O)C(C)n1cc(-c2cccs2)nn1. The average Bonchev–Trinajstić information content (AvgIpc) is 2.96. The summed E-state index contributed by atoms with van der Waals surface area (Å²) in [5, 5.41) is 9.90. The highest BCUT2D eigenvalue weighted by Gasteiger charge is 2.17. The Hall–Kier alpha value is -1.69. The van der Waals surface area contributed by atoms with E-state index in [9.17, 15) is 4.79 Å². The van der Waals surface area contributed by atoms with Crippen LogP contribution in [0, 0.1) is 0 Å². The number of nitrogens with zero attached hydrogens (tertiary/aromatic N) is 3. The lowest BCUT2D eigenvalue weighted by Crippen LogP contribution is -2.18. The first-order valence-electron chi connectivity index (χ1n) is 4.76. The molecule has 0 radical (unpaired) electrons. The van der Waals surface area contributed by atoms with Crippen molar-refractivity contribution in [1.82, 2.24) is 15.0 Å². The molecule has 0 saturated carbocycles. The molecular formula is C10H11N3O2S. The Morgan fingerprint density at radius 3 is 3.06 bits per heavy atom. The van der Waals surface area contributed by atoms with Crippen LogP contribution in [0.15, 0.2) is 23.7 Å². The molecule has 0 aliphatic carbocycles. The molecule has 0 bridgehead atoms. The summed E-state index contributed by atoms with van der Waals surface area (Å²) in [5.41, 5.74) is 0.769. The molecule has 2 aromatic rings. The van der Waals surface area contributed by atoms with Crippen LogP contribution >= 0.6 is 11.3 Å². The largest absolute Gasteiger partial charge is 0.467 e. The van der Waals surface area contributed by atoms with Gasteiger partial charge in [0, 0.05) is 0 Å². The van der Waals surface area contributed by atoms with Crippen molar-refractivity contribution in [3.8, 4) is 10.6 Å². The van der Waals surface area contributed by atoms with Crippen molar-refractivity contribution in [2.75, 3.05) is 7.11 Å². The van der Waals surface area contributed by atoms with Crippen LogP contribution in [0.4, 0.5) is 0 Å². The van der Waals surface area contributed by atoms with Gasteiger partial charge in [0.2, 0.25) is 0 Å². The van der Waals surface area contributed by atoms with Crippen LogP contribution in [0.5, 0.6) is 0 Å². The average molecular weight is 237 g/mol. The number of thiophene rings is 1. The third kappa shape index (κ3) is 1.96. The van der Waals surface area contributed by atoms with Crippen LogP contribution in [-0.2, 0) is 9.53 Å². The van der Waals surface area contributed by atoms with Crippen molar-refractivity contribution in [2.24, 2.45) is 0 Å². The predicted octanol–water partition coefficient (Wildman–Crippen LogP) is 1.74. The quantitative estimate of drug-likeness (QED) is 0.763. The van der Waals surface area contributed by atoms with Crippen molar-refractivity contribution in [1.29, 1.82) is 0 Å². The van der Waals surface area contributed by atoms with E-state index in [0.29, 0.717) is 0 Å². The molecule has 0 spiro atoms. The third-order valence-corrected chi connectivity index (χ3v) is 3.12. The summed E-state index contributed by atoms with van der Waals surface area (Å²) in [5.74, 6) is -0.331. The molecule has 1 atom stereocenters. The van der Waals surface area contributed by atoms with E-state index < -0.39 is 6.04 Å². The fourth-order valence-electron chi connectivity index (χ4n) is 1.28. The number of hydrogen-bond donors (Lipinski definition) is 0. The zero-order valence-electron chi connectivity index (χ0n) is 8.95. The second-order valence-corrected chi connectivity index (χ2v) is 4.21. The van der Waals surface area contributed by atoms with Gasteiger partial charge < -0.3 is 4.74 Å². The van der Waals surface area contributed by atoms with Gasteiger partial charge >= 0.3 is 5.97 Å². The third-order valence-electron chi connectivity index (χ3n) is 2.22. The minimum atomic E-state index is -0.453. The number of ether oxygens (including phenoxy) is 1. The molecular weight excluding hydrogens is 226 g/mol. The van der Waals surface area contributed by atoms with Crippen LogP contribution in [0.1, 0.15) is 13.0 Å². The normalized spacial score (nSPS) is 12.4. The highest BCUT2D eigenvalue weighted by atomic mass is 32.1. The van der Waals surface area contributed by atoms with Crippen molar-refractivity contribution in [3.05, 3.63) is 23.7 Å². The Morgan fingerprint density at radius 2 is 2.44 bits per heavy atom. The highest BCUT2D eigenvalue weighted by molar-refractivity contribution is 7.13. The standard InChI is InChI=1S/C10H11N3O2S/c1-7(10(14)15-2)13-6-8(11-12-13)9-4-3-5-16-9/h3-7H,1-2H3. The number of rotatable bonds is 3. The Morgan fingerprint density at radius 1 is 1.62 bits per heavy atom. The minimum Gasteiger partial charge on any atom is -0.467 e. The molecule has 2 rings (SSSR count). The number of carbonyl (C=O) groups is 1. The van der Waals surface area contributed by atoms with Crippen LogP contribution < -0.4 is 0 Å². The Balaban J connectivity index is 2.23. The smallest absolute Gasteiger partial charge is 0.330 e. The van der Waals surface area contributed by atoms with Gasteiger partial charge in [-0.25, -0.2) is 9.48 Å². The van der Waals surface area contributed by atoms with Gasteiger partial charge in [0.1, 0.15) is 11.7 Å². The fraction of sp³-hybridized carbons (Fsp3) is 0.300. The van der Waals surface area contributed by atoms with Crippen LogP contribution in [-0.4, -0.2) is 28.1 Å². The van der Waals surface area contributed by atoms with Gasteiger partial charge in [-0.3, -0.25) is 0 Å². The number of carbonyl (C=O) groups excluding carboxylic acids is 1. The van der Waals surface area contributed by atoms with Crippen LogP contribution in [0.25, 0.3) is 10.6 Å². The first kappa shape index (κ1) is 10.8. The number of methoxy groups -OCH3 is 1. The molecule has 0 amide bonds. The van der Waals surface area contributed by atoms with Gasteiger partial charge in [-0.2, -0.15) is 0 Å². The molecule has 2 aromatic heterocycles. The van der Waals surface area contributed by atoms with Gasteiger partial charge in [-0.15, -0.1) is 16.4 Å².